The van der Waals surface area contributed by atoms with Crippen molar-refractivity contribution >= 4 is 29.7 Å². The van der Waals surface area contributed by atoms with Crippen LogP contribution in [-0.4, -0.2) is 75.7 Å². The summed E-state index contributed by atoms with van der Waals surface area (Å²) in [4.78, 5) is 19.4. The summed E-state index contributed by atoms with van der Waals surface area (Å²) in [5.41, 5.74) is 5.05. The Morgan fingerprint density at radius 1 is 1.00 bits per heavy atom. The van der Waals surface area contributed by atoms with Gasteiger partial charge in [0.1, 0.15) is 0 Å². The van der Waals surface area contributed by atoms with E-state index in [9.17, 15) is 0 Å². The highest BCUT2D eigenvalue weighted by Gasteiger charge is 2.17. The molecule has 2 aromatic rings. The molecule has 2 heterocycles. The summed E-state index contributed by atoms with van der Waals surface area (Å²) < 4.78 is 5.40. The maximum atomic E-state index is 5.40. The maximum Gasteiger partial charge on any atom is 0.250 e. The van der Waals surface area contributed by atoms with Crippen molar-refractivity contribution in [2.24, 2.45) is 5.10 Å². The minimum atomic E-state index is 0.413. The molecule has 9 heteroatoms. The average molecular weight is 370 g/mol. The van der Waals surface area contributed by atoms with Crippen molar-refractivity contribution in [3.8, 4) is 0 Å². The van der Waals surface area contributed by atoms with Gasteiger partial charge in [0.15, 0.2) is 0 Å². The number of ether oxygens (including phenoxy) is 1. The predicted octanol–water partition coefficient (Wildman–Crippen LogP) is 1.29. The van der Waals surface area contributed by atoms with Crippen molar-refractivity contribution < 1.29 is 4.74 Å². The molecule has 1 saturated heterocycles. The molecular formula is C18H26N8O. The van der Waals surface area contributed by atoms with Crippen LogP contribution >= 0.6 is 0 Å². The summed E-state index contributed by atoms with van der Waals surface area (Å²) in [6.45, 7) is 2.87. The number of hydrogen-bond donors (Lipinski definition) is 1. The molecule has 0 atom stereocenters. The highest BCUT2D eigenvalue weighted by molar-refractivity contribution is 5.80. The average Bonchev–Trinajstić information content (AvgIpc) is 2.69. The first-order valence-electron chi connectivity index (χ1n) is 8.85. The van der Waals surface area contributed by atoms with Gasteiger partial charge in [-0.3, -0.25) is 0 Å². The molecule has 1 N–H and O–H groups in total. The molecule has 0 radical (unpaired) electrons. The minimum Gasteiger partial charge on any atom is -0.378 e. The highest BCUT2D eigenvalue weighted by Crippen LogP contribution is 2.16. The summed E-state index contributed by atoms with van der Waals surface area (Å²) in [5.74, 6) is 1.63. The van der Waals surface area contributed by atoms with Gasteiger partial charge < -0.3 is 19.4 Å². The molecule has 1 aromatic heterocycles. The van der Waals surface area contributed by atoms with Gasteiger partial charge >= 0.3 is 0 Å². The molecule has 1 aromatic carbocycles. The number of hydrogen-bond acceptors (Lipinski definition) is 9. The SMILES string of the molecule is CN(C)c1ccc(/C=N/Nc2nc(N(C)C)nc(N3CCOCC3)n2)cc1. The molecule has 0 spiro atoms. The lowest BCUT2D eigenvalue weighted by Crippen LogP contribution is -2.37. The van der Waals surface area contributed by atoms with Gasteiger partial charge in [0.2, 0.25) is 17.8 Å². The third-order valence-corrected chi connectivity index (χ3v) is 4.09. The molecule has 1 aliphatic heterocycles. The molecule has 0 unspecified atom stereocenters. The van der Waals surface area contributed by atoms with E-state index in [-0.39, 0.29) is 0 Å². The third-order valence-electron chi connectivity index (χ3n) is 4.09. The van der Waals surface area contributed by atoms with Crippen molar-refractivity contribution in [2.45, 2.75) is 0 Å². The molecule has 3 rings (SSSR count). The molecule has 9 nitrogen and oxygen atoms in total. The van der Waals surface area contributed by atoms with Crippen molar-refractivity contribution in [3.05, 3.63) is 29.8 Å². The van der Waals surface area contributed by atoms with Crippen molar-refractivity contribution in [2.75, 3.05) is 74.6 Å². The van der Waals surface area contributed by atoms with Crippen molar-refractivity contribution in [1.82, 2.24) is 15.0 Å². The Balaban J connectivity index is 1.73. The summed E-state index contributed by atoms with van der Waals surface area (Å²) in [6, 6.07) is 8.12. The second kappa shape index (κ2) is 8.63. The molecule has 0 bridgehead atoms. The topological polar surface area (TPSA) is 82.0 Å². The van der Waals surface area contributed by atoms with Crippen molar-refractivity contribution in [3.63, 3.8) is 0 Å². The fourth-order valence-corrected chi connectivity index (χ4v) is 2.53. The Kier molecular flexibility index (Phi) is 6.02. The Bertz CT molecular complexity index is 769. The van der Waals surface area contributed by atoms with E-state index < -0.39 is 0 Å². The van der Waals surface area contributed by atoms with Gasteiger partial charge in [0.05, 0.1) is 19.4 Å². The number of aromatic nitrogens is 3. The van der Waals surface area contributed by atoms with Crippen LogP contribution in [0.1, 0.15) is 5.56 Å². The molecule has 144 valence electrons. The monoisotopic (exact) mass is 370 g/mol. The van der Waals surface area contributed by atoms with Crippen LogP contribution in [0.4, 0.5) is 23.5 Å². The molecule has 1 fully saturated rings. The van der Waals surface area contributed by atoms with E-state index in [1.54, 1.807) is 6.21 Å². The minimum absolute atomic E-state index is 0.413. The normalized spacial score (nSPS) is 14.4. The number of benzene rings is 1. The number of anilines is 4. The van der Waals surface area contributed by atoms with Gasteiger partial charge in [-0.25, -0.2) is 5.43 Å². The predicted molar refractivity (Wildman–Crippen MR) is 109 cm³/mol. The molecule has 1 aliphatic rings. The van der Waals surface area contributed by atoms with Crippen LogP contribution in [0.15, 0.2) is 29.4 Å². The zero-order valence-corrected chi connectivity index (χ0v) is 16.3. The van der Waals surface area contributed by atoms with Gasteiger partial charge in [-0.2, -0.15) is 20.1 Å². The molecule has 0 saturated carbocycles. The van der Waals surface area contributed by atoms with E-state index in [2.05, 4.69) is 35.3 Å². The van der Waals surface area contributed by atoms with Crippen LogP contribution < -0.4 is 20.1 Å². The number of nitrogens with one attached hydrogen (secondary N) is 1. The Morgan fingerprint density at radius 2 is 1.70 bits per heavy atom. The van der Waals surface area contributed by atoms with Crippen LogP contribution in [0.25, 0.3) is 0 Å². The lowest BCUT2D eigenvalue weighted by atomic mass is 10.2. The highest BCUT2D eigenvalue weighted by atomic mass is 16.5. The second-order valence-corrected chi connectivity index (χ2v) is 6.61. The summed E-state index contributed by atoms with van der Waals surface area (Å²) in [6.07, 6.45) is 1.74. The standard InChI is InChI=1S/C18H26N8O/c1-24(2)15-7-5-14(6-8-15)13-19-23-16-20-17(25(3)4)22-18(21-16)26-9-11-27-12-10-26/h5-8,13H,9-12H2,1-4H3,(H,20,21,22,23)/b19-13+. The fraction of sp³-hybridized carbons (Fsp3) is 0.444. The zero-order chi connectivity index (χ0) is 19.2. The van der Waals surface area contributed by atoms with E-state index in [0.29, 0.717) is 31.1 Å². The maximum absolute atomic E-state index is 5.40. The smallest absolute Gasteiger partial charge is 0.250 e. The third kappa shape index (κ3) is 5.04. The van der Waals surface area contributed by atoms with Gasteiger partial charge in [-0.15, -0.1) is 0 Å². The van der Waals surface area contributed by atoms with Crippen LogP contribution in [0, 0.1) is 0 Å². The van der Waals surface area contributed by atoms with E-state index in [4.69, 9.17) is 4.74 Å². The first-order valence-corrected chi connectivity index (χ1v) is 8.85. The molecule has 0 aliphatic carbocycles. The fourth-order valence-electron chi connectivity index (χ4n) is 2.53. The lowest BCUT2D eigenvalue weighted by molar-refractivity contribution is 0.122. The Morgan fingerprint density at radius 3 is 2.33 bits per heavy atom. The van der Waals surface area contributed by atoms with Gasteiger partial charge in [0, 0.05) is 47.0 Å². The van der Waals surface area contributed by atoms with Crippen LogP contribution in [-0.2, 0) is 4.74 Å². The van der Waals surface area contributed by atoms with E-state index >= 15 is 0 Å². The first-order chi connectivity index (χ1) is 13.0. The van der Waals surface area contributed by atoms with Gasteiger partial charge in [-0.05, 0) is 17.7 Å². The van der Waals surface area contributed by atoms with Crippen LogP contribution in [0.3, 0.4) is 0 Å². The number of hydrazone groups is 1. The van der Waals surface area contributed by atoms with E-state index in [1.165, 1.54) is 0 Å². The van der Waals surface area contributed by atoms with E-state index in [0.717, 1.165) is 24.3 Å². The number of nitrogens with zero attached hydrogens (tertiary/aromatic N) is 7. The van der Waals surface area contributed by atoms with E-state index in [1.807, 2.05) is 57.4 Å². The molecule has 0 amide bonds. The van der Waals surface area contributed by atoms with Crippen LogP contribution in [0.2, 0.25) is 0 Å². The summed E-state index contributed by atoms with van der Waals surface area (Å²) >= 11 is 0. The number of rotatable bonds is 6. The zero-order valence-electron chi connectivity index (χ0n) is 16.3. The largest absolute Gasteiger partial charge is 0.378 e. The van der Waals surface area contributed by atoms with Gasteiger partial charge in [-0.1, -0.05) is 12.1 Å². The quantitative estimate of drug-likeness (QED) is 0.602. The molecule has 27 heavy (non-hydrogen) atoms. The van der Waals surface area contributed by atoms with Gasteiger partial charge in [0.25, 0.3) is 0 Å². The molecular weight excluding hydrogens is 344 g/mol. The van der Waals surface area contributed by atoms with Crippen LogP contribution in [0.5, 0.6) is 0 Å². The Labute approximate surface area is 159 Å². The van der Waals surface area contributed by atoms with Crippen molar-refractivity contribution in [1.29, 1.82) is 0 Å². The summed E-state index contributed by atoms with van der Waals surface area (Å²) in [7, 11) is 7.83. The first kappa shape index (κ1) is 18.8. The second-order valence-electron chi connectivity index (χ2n) is 6.61. The summed E-state index contributed by atoms with van der Waals surface area (Å²) in [5, 5.41) is 4.27. The number of morpholine rings is 1. The Hall–Kier alpha value is -2.94. The lowest BCUT2D eigenvalue weighted by Gasteiger charge is -2.27.